The highest BCUT2D eigenvalue weighted by Gasteiger charge is 2.18. The fourth-order valence-corrected chi connectivity index (χ4v) is 2.00. The maximum Gasteiger partial charge on any atom is 0.233 e. The lowest BCUT2D eigenvalue weighted by Gasteiger charge is -2.22. The van der Waals surface area contributed by atoms with E-state index < -0.39 is 5.60 Å². The van der Waals surface area contributed by atoms with Crippen molar-refractivity contribution in [1.29, 1.82) is 0 Å². The number of aliphatic hydroxyl groups is 1. The Morgan fingerprint density at radius 1 is 1.50 bits per heavy atom. The van der Waals surface area contributed by atoms with Crippen LogP contribution in [0.3, 0.4) is 0 Å². The molecule has 1 amide bonds. The van der Waals surface area contributed by atoms with Gasteiger partial charge in [0.15, 0.2) is 0 Å². The lowest BCUT2D eigenvalue weighted by atomic mass is 10.1. The van der Waals surface area contributed by atoms with Crippen LogP contribution in [0.15, 0.2) is 0 Å². The molecule has 0 aromatic rings. The number of nitrogens with one attached hydrogen (secondary N) is 2. The highest BCUT2D eigenvalue weighted by Crippen LogP contribution is 2.08. The molecular weight excluding hydrogens is 224 g/mol. The van der Waals surface area contributed by atoms with Crippen molar-refractivity contribution in [2.24, 2.45) is 0 Å². The molecule has 0 spiro atoms. The van der Waals surface area contributed by atoms with Crippen molar-refractivity contribution < 1.29 is 9.90 Å². The van der Waals surface area contributed by atoms with Crippen LogP contribution in [0.4, 0.5) is 0 Å². The standard InChI is InChI=1S/C11H24N2O2S/c1-4-5-6-13-10(14)7-12-8-11(2,15)9-16-3/h12,15H,4-9H2,1-3H3,(H,13,14). The number of hydrogen-bond acceptors (Lipinski definition) is 4. The lowest BCUT2D eigenvalue weighted by molar-refractivity contribution is -0.120. The van der Waals surface area contributed by atoms with Crippen molar-refractivity contribution in [2.75, 3.05) is 31.6 Å². The normalized spacial score (nSPS) is 14.5. The summed E-state index contributed by atoms with van der Waals surface area (Å²) in [6, 6.07) is 0. The van der Waals surface area contributed by atoms with Crippen LogP contribution in [-0.2, 0) is 4.79 Å². The average Bonchev–Trinajstić information content (AvgIpc) is 2.17. The molecule has 0 fully saturated rings. The quantitative estimate of drug-likeness (QED) is 0.523. The first kappa shape index (κ1) is 15.7. The van der Waals surface area contributed by atoms with Crippen LogP contribution >= 0.6 is 11.8 Å². The van der Waals surface area contributed by atoms with Crippen LogP contribution in [0, 0.1) is 0 Å². The van der Waals surface area contributed by atoms with E-state index in [0.29, 0.717) is 12.3 Å². The molecule has 0 aliphatic carbocycles. The number of thioether (sulfide) groups is 1. The van der Waals surface area contributed by atoms with E-state index in [4.69, 9.17) is 0 Å². The maximum absolute atomic E-state index is 11.3. The molecular formula is C11H24N2O2S. The fraction of sp³-hybridized carbons (Fsp3) is 0.909. The second-order valence-electron chi connectivity index (χ2n) is 4.24. The molecule has 0 radical (unpaired) electrons. The highest BCUT2D eigenvalue weighted by atomic mass is 32.2. The number of unbranched alkanes of at least 4 members (excludes halogenated alkanes) is 1. The first-order valence-electron chi connectivity index (χ1n) is 5.70. The van der Waals surface area contributed by atoms with Gasteiger partial charge in [0.25, 0.3) is 0 Å². The van der Waals surface area contributed by atoms with Crippen LogP contribution in [0.1, 0.15) is 26.7 Å². The van der Waals surface area contributed by atoms with E-state index in [2.05, 4.69) is 17.6 Å². The first-order valence-corrected chi connectivity index (χ1v) is 7.10. The van der Waals surface area contributed by atoms with Crippen molar-refractivity contribution in [3.8, 4) is 0 Å². The van der Waals surface area contributed by atoms with Gasteiger partial charge in [-0.2, -0.15) is 11.8 Å². The van der Waals surface area contributed by atoms with Crippen molar-refractivity contribution in [2.45, 2.75) is 32.3 Å². The summed E-state index contributed by atoms with van der Waals surface area (Å²) in [7, 11) is 0. The molecule has 0 aliphatic rings. The molecule has 16 heavy (non-hydrogen) atoms. The molecule has 0 bridgehead atoms. The first-order chi connectivity index (χ1) is 7.52. The number of carbonyl (C=O) groups is 1. The molecule has 0 aliphatic heterocycles. The average molecular weight is 248 g/mol. The molecule has 0 rings (SSSR count). The number of rotatable bonds is 9. The molecule has 1 atom stereocenters. The van der Waals surface area contributed by atoms with Gasteiger partial charge in [-0.3, -0.25) is 4.79 Å². The number of carbonyl (C=O) groups excluding carboxylic acids is 1. The summed E-state index contributed by atoms with van der Waals surface area (Å²) >= 11 is 1.59. The Labute approximate surface area is 103 Å². The highest BCUT2D eigenvalue weighted by molar-refractivity contribution is 7.98. The molecule has 0 aromatic carbocycles. The monoisotopic (exact) mass is 248 g/mol. The van der Waals surface area contributed by atoms with Gasteiger partial charge in [0.05, 0.1) is 12.1 Å². The molecule has 0 saturated heterocycles. The number of hydrogen-bond donors (Lipinski definition) is 3. The topological polar surface area (TPSA) is 61.4 Å². The third-order valence-corrected chi connectivity index (χ3v) is 3.01. The maximum atomic E-state index is 11.3. The molecule has 0 heterocycles. The van der Waals surface area contributed by atoms with E-state index in [1.165, 1.54) is 0 Å². The zero-order chi connectivity index (χ0) is 12.4. The minimum Gasteiger partial charge on any atom is -0.388 e. The van der Waals surface area contributed by atoms with Gasteiger partial charge in [0.1, 0.15) is 0 Å². The Hall–Kier alpha value is -0.260. The van der Waals surface area contributed by atoms with Crippen LogP contribution in [-0.4, -0.2) is 48.3 Å². The van der Waals surface area contributed by atoms with E-state index in [9.17, 15) is 9.90 Å². The number of amides is 1. The summed E-state index contributed by atoms with van der Waals surface area (Å²) in [5.74, 6) is 0.658. The Kier molecular flexibility index (Phi) is 8.70. The van der Waals surface area contributed by atoms with Crippen LogP contribution < -0.4 is 10.6 Å². The van der Waals surface area contributed by atoms with Crippen molar-refractivity contribution in [1.82, 2.24) is 10.6 Å². The molecule has 96 valence electrons. The Morgan fingerprint density at radius 2 is 2.19 bits per heavy atom. The van der Waals surface area contributed by atoms with E-state index in [0.717, 1.165) is 19.4 Å². The van der Waals surface area contributed by atoms with Gasteiger partial charge < -0.3 is 15.7 Å². The Bertz CT molecular complexity index is 198. The van der Waals surface area contributed by atoms with Gasteiger partial charge in [0, 0.05) is 18.8 Å². The Balaban J connectivity index is 3.53. The van der Waals surface area contributed by atoms with Gasteiger partial charge in [-0.05, 0) is 19.6 Å². The molecule has 5 heteroatoms. The summed E-state index contributed by atoms with van der Waals surface area (Å²) in [4.78, 5) is 11.3. The molecule has 1 unspecified atom stereocenters. The summed E-state index contributed by atoms with van der Waals surface area (Å²) < 4.78 is 0. The molecule has 0 aromatic heterocycles. The lowest BCUT2D eigenvalue weighted by Crippen LogP contribution is -2.44. The zero-order valence-corrected chi connectivity index (χ0v) is 11.3. The fourth-order valence-electron chi connectivity index (χ4n) is 1.27. The van der Waals surface area contributed by atoms with Crippen molar-refractivity contribution >= 4 is 17.7 Å². The van der Waals surface area contributed by atoms with Crippen molar-refractivity contribution in [3.63, 3.8) is 0 Å². The van der Waals surface area contributed by atoms with Crippen LogP contribution in [0.5, 0.6) is 0 Å². The second kappa shape index (κ2) is 8.84. The van der Waals surface area contributed by atoms with Crippen molar-refractivity contribution in [3.05, 3.63) is 0 Å². The predicted octanol–water partition coefficient (Wildman–Crippen LogP) is 0.606. The Morgan fingerprint density at radius 3 is 2.75 bits per heavy atom. The van der Waals surface area contributed by atoms with E-state index in [1.807, 2.05) is 6.26 Å². The molecule has 4 nitrogen and oxygen atoms in total. The van der Waals surface area contributed by atoms with Crippen LogP contribution in [0.25, 0.3) is 0 Å². The largest absolute Gasteiger partial charge is 0.388 e. The molecule has 3 N–H and O–H groups in total. The van der Waals surface area contributed by atoms with Gasteiger partial charge >= 0.3 is 0 Å². The van der Waals surface area contributed by atoms with E-state index >= 15 is 0 Å². The predicted molar refractivity (Wildman–Crippen MR) is 69.8 cm³/mol. The summed E-state index contributed by atoms with van der Waals surface area (Å²) in [5.41, 5.74) is -0.747. The van der Waals surface area contributed by atoms with E-state index in [-0.39, 0.29) is 12.5 Å². The minimum absolute atomic E-state index is 0.00611. The van der Waals surface area contributed by atoms with Gasteiger partial charge in [0.2, 0.25) is 5.91 Å². The smallest absolute Gasteiger partial charge is 0.233 e. The van der Waals surface area contributed by atoms with Gasteiger partial charge in [-0.1, -0.05) is 13.3 Å². The SMILES string of the molecule is CCCCNC(=O)CNCC(C)(O)CSC. The summed E-state index contributed by atoms with van der Waals surface area (Å²) in [6.07, 6.45) is 4.04. The van der Waals surface area contributed by atoms with Gasteiger partial charge in [-0.25, -0.2) is 0 Å². The minimum atomic E-state index is -0.747. The van der Waals surface area contributed by atoms with E-state index in [1.54, 1.807) is 18.7 Å². The van der Waals surface area contributed by atoms with Crippen LogP contribution in [0.2, 0.25) is 0 Å². The third kappa shape index (κ3) is 9.00. The third-order valence-electron chi connectivity index (χ3n) is 2.10. The molecule has 0 saturated carbocycles. The second-order valence-corrected chi connectivity index (χ2v) is 5.10. The summed E-state index contributed by atoms with van der Waals surface area (Å²) in [6.45, 7) is 5.30. The van der Waals surface area contributed by atoms with Gasteiger partial charge in [-0.15, -0.1) is 0 Å². The zero-order valence-electron chi connectivity index (χ0n) is 10.5. The summed E-state index contributed by atoms with van der Waals surface area (Å²) in [5, 5.41) is 15.6.